The molecule has 1 unspecified atom stereocenters. The predicted molar refractivity (Wildman–Crippen MR) is 57.8 cm³/mol. The van der Waals surface area contributed by atoms with Crippen LogP contribution in [0.15, 0.2) is 12.0 Å². The number of allylic oxidation sites excluding steroid dienone is 1. The highest BCUT2D eigenvalue weighted by atomic mass is 32.2. The van der Waals surface area contributed by atoms with E-state index in [1.165, 1.54) is 6.08 Å². The fourth-order valence-electron chi connectivity index (χ4n) is 1.50. The number of ether oxygens (including phenoxy) is 1. The Kier molecular flexibility index (Phi) is 4.89. The Morgan fingerprint density at radius 1 is 1.50 bits per heavy atom. The molecule has 0 bridgehead atoms. The Labute approximate surface area is 104 Å². The SMILES string of the molecule is CCCCC1CCC=C(OS(=O)(=O)C(F)(F)F)O1. The van der Waals surface area contributed by atoms with Gasteiger partial charge in [-0.2, -0.15) is 21.6 Å². The van der Waals surface area contributed by atoms with Gasteiger partial charge in [0.15, 0.2) is 0 Å². The molecule has 0 aromatic rings. The normalized spacial score (nSPS) is 21.1. The van der Waals surface area contributed by atoms with E-state index >= 15 is 0 Å². The van der Waals surface area contributed by atoms with E-state index in [0.717, 1.165) is 12.8 Å². The smallest absolute Gasteiger partial charge is 0.462 e. The Bertz CT molecular complexity index is 400. The minimum absolute atomic E-state index is 0.284. The Morgan fingerprint density at radius 2 is 2.17 bits per heavy atom. The van der Waals surface area contributed by atoms with Crippen molar-refractivity contribution in [1.82, 2.24) is 0 Å². The van der Waals surface area contributed by atoms with Gasteiger partial charge in [0.1, 0.15) is 6.10 Å². The Morgan fingerprint density at radius 3 is 2.72 bits per heavy atom. The first-order chi connectivity index (χ1) is 8.26. The number of alkyl halides is 3. The molecule has 0 amide bonds. The van der Waals surface area contributed by atoms with Crippen molar-refractivity contribution in [3.63, 3.8) is 0 Å². The maximum absolute atomic E-state index is 12.1. The molecule has 0 aromatic carbocycles. The van der Waals surface area contributed by atoms with Crippen molar-refractivity contribution in [2.24, 2.45) is 0 Å². The summed E-state index contributed by atoms with van der Waals surface area (Å²) in [5, 5.41) is 0. The largest absolute Gasteiger partial charge is 0.534 e. The topological polar surface area (TPSA) is 52.6 Å². The minimum atomic E-state index is -5.63. The molecule has 0 aliphatic carbocycles. The van der Waals surface area contributed by atoms with Crippen LogP contribution in [0.4, 0.5) is 13.2 Å². The quantitative estimate of drug-likeness (QED) is 0.576. The molecule has 1 heterocycles. The molecule has 1 atom stereocenters. The second-order valence-electron chi connectivity index (χ2n) is 3.97. The van der Waals surface area contributed by atoms with Gasteiger partial charge in [0.25, 0.3) is 5.95 Å². The van der Waals surface area contributed by atoms with Crippen LogP contribution in [-0.2, 0) is 19.0 Å². The minimum Gasteiger partial charge on any atom is -0.462 e. The van der Waals surface area contributed by atoms with Crippen LogP contribution in [0.1, 0.15) is 39.0 Å². The Hall–Kier alpha value is -0.920. The molecule has 106 valence electrons. The van der Waals surface area contributed by atoms with Crippen LogP contribution >= 0.6 is 0 Å². The average molecular weight is 288 g/mol. The van der Waals surface area contributed by atoms with E-state index in [9.17, 15) is 21.6 Å². The monoisotopic (exact) mass is 288 g/mol. The molecule has 0 radical (unpaired) electrons. The summed E-state index contributed by atoms with van der Waals surface area (Å²) >= 11 is 0. The molecule has 4 nitrogen and oxygen atoms in total. The molecule has 0 fully saturated rings. The Balaban J connectivity index is 2.61. The van der Waals surface area contributed by atoms with Gasteiger partial charge in [-0.3, -0.25) is 0 Å². The van der Waals surface area contributed by atoms with Crippen LogP contribution < -0.4 is 0 Å². The lowest BCUT2D eigenvalue weighted by atomic mass is 10.1. The van der Waals surface area contributed by atoms with Gasteiger partial charge in [-0.15, -0.1) is 0 Å². The third-order valence-corrected chi connectivity index (χ3v) is 3.39. The maximum Gasteiger partial charge on any atom is 0.534 e. The molecule has 0 saturated heterocycles. The van der Waals surface area contributed by atoms with Gasteiger partial charge < -0.3 is 8.92 Å². The highest BCUT2D eigenvalue weighted by molar-refractivity contribution is 7.87. The average Bonchev–Trinajstić information content (AvgIpc) is 2.24. The van der Waals surface area contributed by atoms with Crippen molar-refractivity contribution < 1.29 is 30.5 Å². The lowest BCUT2D eigenvalue weighted by Gasteiger charge is -2.24. The molecule has 8 heteroatoms. The van der Waals surface area contributed by atoms with Crippen molar-refractivity contribution >= 4 is 10.1 Å². The first kappa shape index (κ1) is 15.1. The molecule has 1 rings (SSSR count). The standard InChI is InChI=1S/C10H15F3O4S/c1-2-3-5-8-6-4-7-9(16-8)17-18(14,15)10(11,12)13/h7-8H,2-6H2,1H3. The molecule has 0 N–H and O–H groups in total. The van der Waals surface area contributed by atoms with Crippen LogP contribution in [0.2, 0.25) is 0 Å². The molecular formula is C10H15F3O4S. The van der Waals surface area contributed by atoms with E-state index < -0.39 is 21.6 Å². The summed E-state index contributed by atoms with van der Waals surface area (Å²) in [4.78, 5) is 0. The van der Waals surface area contributed by atoms with Crippen molar-refractivity contribution in [3.05, 3.63) is 12.0 Å². The van der Waals surface area contributed by atoms with Gasteiger partial charge in [0.2, 0.25) is 0 Å². The van der Waals surface area contributed by atoms with E-state index in [1.54, 1.807) is 0 Å². The molecule has 0 aromatic heterocycles. The van der Waals surface area contributed by atoms with Crippen molar-refractivity contribution in [1.29, 1.82) is 0 Å². The van der Waals surface area contributed by atoms with Crippen LogP contribution in [-0.4, -0.2) is 20.0 Å². The first-order valence-corrected chi connectivity index (χ1v) is 7.04. The first-order valence-electron chi connectivity index (χ1n) is 5.64. The zero-order valence-corrected chi connectivity index (χ0v) is 10.7. The molecule has 1 aliphatic rings. The van der Waals surface area contributed by atoms with Crippen LogP contribution in [0.3, 0.4) is 0 Å². The lowest BCUT2D eigenvalue weighted by molar-refractivity contribution is -0.0602. The molecule has 18 heavy (non-hydrogen) atoms. The van der Waals surface area contributed by atoms with Gasteiger partial charge in [0, 0.05) is 0 Å². The molecule has 0 spiro atoms. The van der Waals surface area contributed by atoms with E-state index in [4.69, 9.17) is 4.74 Å². The van der Waals surface area contributed by atoms with Crippen LogP contribution in [0, 0.1) is 0 Å². The van der Waals surface area contributed by atoms with Gasteiger partial charge in [-0.1, -0.05) is 19.8 Å². The summed E-state index contributed by atoms with van der Waals surface area (Å²) in [5.74, 6) is -0.570. The van der Waals surface area contributed by atoms with E-state index in [1.807, 2.05) is 6.92 Å². The van der Waals surface area contributed by atoms with E-state index in [0.29, 0.717) is 19.3 Å². The zero-order chi connectivity index (χ0) is 13.8. The number of hydrogen-bond donors (Lipinski definition) is 0. The highest BCUT2D eigenvalue weighted by Gasteiger charge is 2.49. The van der Waals surface area contributed by atoms with Gasteiger partial charge >= 0.3 is 15.6 Å². The molecule has 1 aliphatic heterocycles. The lowest BCUT2D eigenvalue weighted by Crippen LogP contribution is -2.27. The number of halogens is 3. The second-order valence-corrected chi connectivity index (χ2v) is 5.50. The highest BCUT2D eigenvalue weighted by Crippen LogP contribution is 2.29. The zero-order valence-electron chi connectivity index (χ0n) is 9.87. The summed E-state index contributed by atoms with van der Waals surface area (Å²) in [6.45, 7) is 1.98. The van der Waals surface area contributed by atoms with E-state index in [-0.39, 0.29) is 6.10 Å². The summed E-state index contributed by atoms with van der Waals surface area (Å²) in [6.07, 6.45) is 4.49. The van der Waals surface area contributed by atoms with Crippen LogP contribution in [0.5, 0.6) is 0 Å². The number of rotatable bonds is 5. The van der Waals surface area contributed by atoms with Crippen molar-refractivity contribution in [2.45, 2.75) is 50.6 Å². The summed E-state index contributed by atoms with van der Waals surface area (Å²) in [6, 6.07) is 0. The van der Waals surface area contributed by atoms with Crippen molar-refractivity contribution in [2.75, 3.05) is 0 Å². The third-order valence-electron chi connectivity index (χ3n) is 2.44. The fourth-order valence-corrected chi connectivity index (χ4v) is 1.92. The predicted octanol–water partition coefficient (Wildman–Crippen LogP) is 3.06. The van der Waals surface area contributed by atoms with Gasteiger partial charge in [-0.25, -0.2) is 0 Å². The summed E-state index contributed by atoms with van der Waals surface area (Å²) < 4.78 is 66.8. The second kappa shape index (κ2) is 5.81. The molecular weight excluding hydrogens is 273 g/mol. The fraction of sp³-hybridized carbons (Fsp3) is 0.800. The summed E-state index contributed by atoms with van der Waals surface area (Å²) in [7, 11) is -5.63. The van der Waals surface area contributed by atoms with Crippen molar-refractivity contribution in [3.8, 4) is 0 Å². The molecule has 0 saturated carbocycles. The number of unbranched alkanes of at least 4 members (excludes halogenated alkanes) is 1. The van der Waals surface area contributed by atoms with Crippen LogP contribution in [0.25, 0.3) is 0 Å². The van der Waals surface area contributed by atoms with Gasteiger partial charge in [0.05, 0.1) is 0 Å². The van der Waals surface area contributed by atoms with E-state index in [2.05, 4.69) is 4.18 Å². The summed E-state index contributed by atoms with van der Waals surface area (Å²) in [5.41, 5.74) is -5.44. The third kappa shape index (κ3) is 4.08. The van der Waals surface area contributed by atoms with Gasteiger partial charge in [-0.05, 0) is 25.3 Å². The maximum atomic E-state index is 12.1. The number of hydrogen-bond acceptors (Lipinski definition) is 4.